The number of hydrogen-bond donors (Lipinski definition) is 2. The van der Waals surface area contributed by atoms with E-state index in [9.17, 15) is 5.11 Å². The molecule has 3 heteroatoms. The maximum atomic E-state index is 10.0. The lowest BCUT2D eigenvalue weighted by atomic mass is 9.95. The summed E-state index contributed by atoms with van der Waals surface area (Å²) in [5, 5.41) is 13.6. The number of aryl methyl sites for hydroxylation is 1. The molecule has 118 valence electrons. The van der Waals surface area contributed by atoms with Crippen molar-refractivity contribution >= 4 is 0 Å². The van der Waals surface area contributed by atoms with E-state index in [4.69, 9.17) is 0 Å². The Hall–Kier alpha value is -0.900. The van der Waals surface area contributed by atoms with E-state index in [2.05, 4.69) is 55.3 Å². The van der Waals surface area contributed by atoms with E-state index in [1.54, 1.807) is 0 Å². The Morgan fingerprint density at radius 1 is 1.43 bits per heavy atom. The van der Waals surface area contributed by atoms with E-state index in [0.717, 1.165) is 39.0 Å². The van der Waals surface area contributed by atoms with E-state index in [-0.39, 0.29) is 6.10 Å². The van der Waals surface area contributed by atoms with Crippen LogP contribution in [0.5, 0.6) is 0 Å². The molecule has 3 atom stereocenters. The molecule has 3 unspecified atom stereocenters. The second-order valence-corrected chi connectivity index (χ2v) is 6.45. The second kappa shape index (κ2) is 7.92. The predicted molar refractivity (Wildman–Crippen MR) is 88.4 cm³/mol. The minimum atomic E-state index is -0.157. The van der Waals surface area contributed by atoms with Crippen LogP contribution in [0.15, 0.2) is 24.3 Å². The molecule has 3 nitrogen and oxygen atoms in total. The van der Waals surface area contributed by atoms with Crippen molar-refractivity contribution in [2.45, 2.75) is 45.8 Å². The van der Waals surface area contributed by atoms with Gasteiger partial charge in [0.15, 0.2) is 0 Å². The van der Waals surface area contributed by atoms with Crippen molar-refractivity contribution in [2.24, 2.45) is 5.92 Å². The van der Waals surface area contributed by atoms with Gasteiger partial charge in [0, 0.05) is 19.1 Å². The van der Waals surface area contributed by atoms with Gasteiger partial charge in [0.2, 0.25) is 0 Å². The fraction of sp³-hybridized carbons (Fsp3) is 0.667. The highest BCUT2D eigenvalue weighted by Gasteiger charge is 2.24. The standard InChI is InChI=1S/C18H30N2O/c1-4-19-17(16-7-5-6-14(2)12-16)9-11-20-10-8-15(3)18(21)13-20/h5-7,12,15,17-19,21H,4,8-11,13H2,1-3H3. The van der Waals surface area contributed by atoms with Crippen LogP contribution in [0, 0.1) is 12.8 Å². The van der Waals surface area contributed by atoms with Crippen molar-refractivity contribution in [1.82, 2.24) is 10.2 Å². The third kappa shape index (κ3) is 4.80. The van der Waals surface area contributed by atoms with E-state index >= 15 is 0 Å². The average molecular weight is 290 g/mol. The summed E-state index contributed by atoms with van der Waals surface area (Å²) in [4.78, 5) is 2.41. The lowest BCUT2D eigenvalue weighted by Gasteiger charge is -2.35. The Morgan fingerprint density at radius 2 is 2.24 bits per heavy atom. The molecule has 0 bridgehead atoms. The van der Waals surface area contributed by atoms with Gasteiger partial charge >= 0.3 is 0 Å². The molecule has 1 aromatic rings. The van der Waals surface area contributed by atoms with Crippen LogP contribution in [0.2, 0.25) is 0 Å². The molecule has 2 N–H and O–H groups in total. The van der Waals surface area contributed by atoms with Crippen LogP contribution in [0.1, 0.15) is 43.9 Å². The number of aliphatic hydroxyl groups excluding tert-OH is 1. The third-order valence-electron chi connectivity index (χ3n) is 4.63. The van der Waals surface area contributed by atoms with Crippen LogP contribution in [-0.4, -0.2) is 42.3 Å². The molecule has 0 spiro atoms. The number of likely N-dealkylation sites (tertiary alicyclic amines) is 1. The highest BCUT2D eigenvalue weighted by Crippen LogP contribution is 2.21. The molecule has 0 aliphatic carbocycles. The maximum Gasteiger partial charge on any atom is 0.0693 e. The first-order chi connectivity index (χ1) is 10.1. The molecule has 1 saturated heterocycles. The highest BCUT2D eigenvalue weighted by molar-refractivity contribution is 5.25. The van der Waals surface area contributed by atoms with Gasteiger partial charge in [0.05, 0.1) is 6.10 Å². The summed E-state index contributed by atoms with van der Waals surface area (Å²) >= 11 is 0. The Morgan fingerprint density at radius 3 is 2.90 bits per heavy atom. The molecule has 1 fully saturated rings. The summed E-state index contributed by atoms with van der Waals surface area (Å²) in [7, 11) is 0. The zero-order valence-electron chi connectivity index (χ0n) is 13.7. The minimum absolute atomic E-state index is 0.157. The molecule has 0 amide bonds. The smallest absolute Gasteiger partial charge is 0.0693 e. The molecule has 0 aromatic heterocycles. The summed E-state index contributed by atoms with van der Waals surface area (Å²) in [5.41, 5.74) is 2.69. The van der Waals surface area contributed by atoms with Crippen LogP contribution in [0.25, 0.3) is 0 Å². The summed E-state index contributed by atoms with van der Waals surface area (Å²) in [6.45, 7) is 10.4. The van der Waals surface area contributed by atoms with Crippen LogP contribution >= 0.6 is 0 Å². The quantitative estimate of drug-likeness (QED) is 0.845. The zero-order valence-corrected chi connectivity index (χ0v) is 13.7. The van der Waals surface area contributed by atoms with Crippen LogP contribution < -0.4 is 5.32 Å². The molecule has 0 saturated carbocycles. The number of rotatable bonds is 6. The molecular formula is C18H30N2O. The van der Waals surface area contributed by atoms with Crippen molar-refractivity contribution in [2.75, 3.05) is 26.2 Å². The lowest BCUT2D eigenvalue weighted by Crippen LogP contribution is -2.43. The first-order valence-corrected chi connectivity index (χ1v) is 8.30. The molecule has 2 rings (SSSR count). The first kappa shape index (κ1) is 16.5. The van der Waals surface area contributed by atoms with Gasteiger partial charge in [-0.2, -0.15) is 0 Å². The molecular weight excluding hydrogens is 260 g/mol. The van der Waals surface area contributed by atoms with Gasteiger partial charge in [0.25, 0.3) is 0 Å². The molecule has 1 aromatic carbocycles. The van der Waals surface area contributed by atoms with Gasteiger partial charge in [-0.1, -0.05) is 43.7 Å². The topological polar surface area (TPSA) is 35.5 Å². The first-order valence-electron chi connectivity index (χ1n) is 8.30. The van der Waals surface area contributed by atoms with Crippen LogP contribution in [-0.2, 0) is 0 Å². The van der Waals surface area contributed by atoms with Gasteiger partial charge in [-0.05, 0) is 44.3 Å². The van der Waals surface area contributed by atoms with Crippen molar-refractivity contribution < 1.29 is 5.11 Å². The van der Waals surface area contributed by atoms with Gasteiger partial charge in [0.1, 0.15) is 0 Å². The predicted octanol–water partition coefficient (Wildman–Crippen LogP) is 2.74. The molecule has 0 radical (unpaired) electrons. The Bertz CT molecular complexity index is 435. The fourth-order valence-corrected chi connectivity index (χ4v) is 3.15. The van der Waals surface area contributed by atoms with E-state index in [0.29, 0.717) is 12.0 Å². The number of β-amino-alcohol motifs (C(OH)–C–C–N with tert-alkyl or cyclic N) is 1. The maximum absolute atomic E-state index is 10.0. The Labute approximate surface area is 129 Å². The molecule has 1 aliphatic rings. The third-order valence-corrected chi connectivity index (χ3v) is 4.63. The number of piperidine rings is 1. The van der Waals surface area contributed by atoms with Crippen molar-refractivity contribution in [1.29, 1.82) is 0 Å². The lowest BCUT2D eigenvalue weighted by molar-refractivity contribution is 0.0278. The Balaban J connectivity index is 1.91. The van der Waals surface area contributed by atoms with E-state index < -0.39 is 0 Å². The van der Waals surface area contributed by atoms with Gasteiger partial charge in [-0.15, -0.1) is 0 Å². The fourth-order valence-electron chi connectivity index (χ4n) is 3.15. The molecule has 1 aliphatic heterocycles. The van der Waals surface area contributed by atoms with Crippen LogP contribution in [0.3, 0.4) is 0 Å². The minimum Gasteiger partial charge on any atom is -0.392 e. The number of nitrogens with one attached hydrogen (secondary N) is 1. The molecule has 1 heterocycles. The summed E-state index contributed by atoms with van der Waals surface area (Å²) in [5.74, 6) is 0.447. The zero-order chi connectivity index (χ0) is 15.2. The Kier molecular flexibility index (Phi) is 6.22. The summed E-state index contributed by atoms with van der Waals surface area (Å²) in [6, 6.07) is 9.19. The number of aliphatic hydroxyl groups is 1. The number of hydrogen-bond acceptors (Lipinski definition) is 3. The van der Waals surface area contributed by atoms with E-state index in [1.165, 1.54) is 11.1 Å². The van der Waals surface area contributed by atoms with E-state index in [1.807, 2.05) is 0 Å². The number of nitrogens with zero attached hydrogens (tertiary/aromatic N) is 1. The van der Waals surface area contributed by atoms with Crippen molar-refractivity contribution in [3.63, 3.8) is 0 Å². The van der Waals surface area contributed by atoms with Crippen molar-refractivity contribution in [3.05, 3.63) is 35.4 Å². The van der Waals surface area contributed by atoms with Crippen LogP contribution in [0.4, 0.5) is 0 Å². The highest BCUT2D eigenvalue weighted by atomic mass is 16.3. The van der Waals surface area contributed by atoms with Gasteiger partial charge in [-0.3, -0.25) is 0 Å². The molecule has 21 heavy (non-hydrogen) atoms. The van der Waals surface area contributed by atoms with Crippen molar-refractivity contribution in [3.8, 4) is 0 Å². The summed E-state index contributed by atoms with van der Waals surface area (Å²) in [6.07, 6.45) is 2.05. The van der Waals surface area contributed by atoms with Gasteiger partial charge in [-0.25, -0.2) is 0 Å². The summed E-state index contributed by atoms with van der Waals surface area (Å²) < 4.78 is 0. The van der Waals surface area contributed by atoms with Gasteiger partial charge < -0.3 is 15.3 Å². The largest absolute Gasteiger partial charge is 0.392 e. The second-order valence-electron chi connectivity index (χ2n) is 6.45. The SMILES string of the molecule is CCNC(CCN1CCC(C)C(O)C1)c1cccc(C)c1. The number of benzene rings is 1. The normalized spacial score (nSPS) is 25.0. The monoisotopic (exact) mass is 290 g/mol. The average Bonchev–Trinajstić information content (AvgIpc) is 2.47.